The van der Waals surface area contributed by atoms with E-state index in [2.05, 4.69) is 10.6 Å². The zero-order chi connectivity index (χ0) is 21.1. The van der Waals surface area contributed by atoms with E-state index < -0.39 is 0 Å². The van der Waals surface area contributed by atoms with Gasteiger partial charge in [-0.25, -0.2) is 0 Å². The van der Waals surface area contributed by atoms with Crippen molar-refractivity contribution in [3.8, 4) is 0 Å². The fraction of sp³-hybridized carbons (Fsp3) is 0.0769. The molecular weight excluding hydrogens is 372 g/mol. The Balaban J connectivity index is 1.53. The van der Waals surface area contributed by atoms with Crippen LogP contribution in [0.25, 0.3) is 10.8 Å². The molecule has 148 valence electrons. The van der Waals surface area contributed by atoms with E-state index in [4.69, 9.17) is 0 Å². The lowest BCUT2D eigenvalue weighted by molar-refractivity contribution is 0.101. The number of carbonyl (C=O) groups excluding carboxylic acids is 2. The second-order valence-electron chi connectivity index (χ2n) is 7.42. The largest absolute Gasteiger partial charge is 0.322 e. The maximum atomic E-state index is 12.6. The van der Waals surface area contributed by atoms with Crippen LogP contribution in [-0.4, -0.2) is 11.8 Å². The first-order chi connectivity index (χ1) is 14.5. The minimum Gasteiger partial charge on any atom is -0.322 e. The van der Waals surface area contributed by atoms with E-state index in [1.165, 1.54) is 0 Å². The summed E-state index contributed by atoms with van der Waals surface area (Å²) in [5.41, 5.74) is 4.85. The molecule has 0 saturated carbocycles. The van der Waals surface area contributed by atoms with Gasteiger partial charge in [0.2, 0.25) is 0 Å². The van der Waals surface area contributed by atoms with Gasteiger partial charge in [-0.2, -0.15) is 0 Å². The normalized spacial score (nSPS) is 10.6. The van der Waals surface area contributed by atoms with Gasteiger partial charge in [-0.3, -0.25) is 9.59 Å². The van der Waals surface area contributed by atoms with Gasteiger partial charge < -0.3 is 10.6 Å². The highest BCUT2D eigenvalue weighted by atomic mass is 16.2. The van der Waals surface area contributed by atoms with E-state index in [1.54, 1.807) is 12.1 Å². The summed E-state index contributed by atoms with van der Waals surface area (Å²) in [4.78, 5) is 25.2. The number of nitrogens with one attached hydrogen (secondary N) is 2. The molecule has 0 heterocycles. The van der Waals surface area contributed by atoms with Crippen molar-refractivity contribution < 1.29 is 9.59 Å². The molecule has 4 aromatic carbocycles. The molecule has 4 nitrogen and oxygen atoms in total. The van der Waals surface area contributed by atoms with Crippen molar-refractivity contribution in [2.75, 3.05) is 10.6 Å². The van der Waals surface area contributed by atoms with Gasteiger partial charge in [0.25, 0.3) is 11.8 Å². The lowest BCUT2D eigenvalue weighted by Gasteiger charge is -2.09. The molecule has 0 aliphatic carbocycles. The first kappa shape index (κ1) is 19.4. The molecule has 0 spiro atoms. The third-order valence-corrected chi connectivity index (χ3v) is 4.92. The van der Waals surface area contributed by atoms with Crippen LogP contribution in [0, 0.1) is 13.8 Å². The van der Waals surface area contributed by atoms with Crippen LogP contribution < -0.4 is 10.6 Å². The number of fused-ring (bicyclic) bond motifs is 1. The Labute approximate surface area is 175 Å². The number of hydrogen-bond acceptors (Lipinski definition) is 2. The summed E-state index contributed by atoms with van der Waals surface area (Å²) in [6, 6.07) is 26.3. The van der Waals surface area contributed by atoms with Gasteiger partial charge >= 0.3 is 0 Å². The fourth-order valence-electron chi connectivity index (χ4n) is 3.38. The van der Waals surface area contributed by atoms with E-state index in [0.717, 1.165) is 33.3 Å². The Hall–Kier alpha value is -3.92. The maximum Gasteiger partial charge on any atom is 0.255 e. The molecule has 0 aliphatic rings. The van der Waals surface area contributed by atoms with Gasteiger partial charge in [0.05, 0.1) is 0 Å². The van der Waals surface area contributed by atoms with Crippen LogP contribution in [0.4, 0.5) is 11.4 Å². The highest BCUT2D eigenvalue weighted by Crippen LogP contribution is 2.20. The van der Waals surface area contributed by atoms with E-state index in [-0.39, 0.29) is 11.8 Å². The molecule has 0 atom stereocenters. The minimum absolute atomic E-state index is 0.163. The van der Waals surface area contributed by atoms with Crippen LogP contribution in [0.2, 0.25) is 0 Å². The molecular formula is C26H22N2O2. The van der Waals surface area contributed by atoms with E-state index in [9.17, 15) is 9.59 Å². The Morgan fingerprint density at radius 1 is 0.567 bits per heavy atom. The molecule has 30 heavy (non-hydrogen) atoms. The van der Waals surface area contributed by atoms with Crippen LogP contribution in [0.15, 0.2) is 84.9 Å². The summed E-state index contributed by atoms with van der Waals surface area (Å²) in [5.74, 6) is -0.326. The number of anilines is 2. The second kappa shape index (κ2) is 8.21. The standard InChI is InChI=1S/C26H22N2O2/c1-17-5-3-7-23(13-17)27-25(29)21-11-9-20-16-22(12-10-19(20)15-21)26(30)28-24-8-4-6-18(2)14-24/h3-16H,1-2H3,(H,27,29)(H,28,30). The first-order valence-corrected chi connectivity index (χ1v) is 9.78. The summed E-state index contributed by atoms with van der Waals surface area (Å²) in [5, 5.41) is 7.65. The smallest absolute Gasteiger partial charge is 0.255 e. The summed E-state index contributed by atoms with van der Waals surface area (Å²) < 4.78 is 0. The summed E-state index contributed by atoms with van der Waals surface area (Å²) >= 11 is 0. The predicted molar refractivity (Wildman–Crippen MR) is 122 cm³/mol. The zero-order valence-corrected chi connectivity index (χ0v) is 16.9. The molecule has 2 N–H and O–H groups in total. The van der Waals surface area contributed by atoms with Crippen LogP contribution in [0.1, 0.15) is 31.8 Å². The van der Waals surface area contributed by atoms with Crippen LogP contribution in [0.3, 0.4) is 0 Å². The molecule has 0 aromatic heterocycles. The van der Waals surface area contributed by atoms with Crippen molar-refractivity contribution in [3.63, 3.8) is 0 Å². The Morgan fingerprint density at radius 2 is 1.00 bits per heavy atom. The average Bonchev–Trinajstić information content (AvgIpc) is 2.73. The number of aryl methyl sites for hydroxylation is 2. The second-order valence-corrected chi connectivity index (χ2v) is 7.42. The molecule has 0 aliphatic heterocycles. The Morgan fingerprint density at radius 3 is 1.40 bits per heavy atom. The quantitative estimate of drug-likeness (QED) is 0.449. The van der Waals surface area contributed by atoms with Crippen LogP contribution in [-0.2, 0) is 0 Å². The summed E-state index contributed by atoms with van der Waals surface area (Å²) in [6.07, 6.45) is 0. The van der Waals surface area contributed by atoms with Crippen molar-refractivity contribution in [1.82, 2.24) is 0 Å². The number of hydrogen-bond donors (Lipinski definition) is 2. The van der Waals surface area contributed by atoms with Crippen LogP contribution >= 0.6 is 0 Å². The molecule has 0 bridgehead atoms. The van der Waals surface area contributed by atoms with Crippen molar-refractivity contribution >= 4 is 34.0 Å². The number of amides is 2. The van der Waals surface area contributed by atoms with Crippen molar-refractivity contribution in [3.05, 3.63) is 107 Å². The molecule has 0 unspecified atom stereocenters. The first-order valence-electron chi connectivity index (χ1n) is 9.78. The van der Waals surface area contributed by atoms with E-state index in [0.29, 0.717) is 11.1 Å². The van der Waals surface area contributed by atoms with Crippen molar-refractivity contribution in [1.29, 1.82) is 0 Å². The number of carbonyl (C=O) groups is 2. The molecule has 0 fully saturated rings. The van der Waals surface area contributed by atoms with Gasteiger partial charge in [0.1, 0.15) is 0 Å². The highest BCUT2D eigenvalue weighted by Gasteiger charge is 2.10. The molecule has 4 rings (SSSR count). The SMILES string of the molecule is Cc1cccc(NC(=O)c2ccc3cc(C(=O)Nc4cccc(C)c4)ccc3c2)c1. The van der Waals surface area contributed by atoms with Gasteiger partial charge in [-0.1, -0.05) is 36.4 Å². The van der Waals surface area contributed by atoms with E-state index in [1.807, 2.05) is 86.6 Å². The zero-order valence-electron chi connectivity index (χ0n) is 16.9. The fourth-order valence-corrected chi connectivity index (χ4v) is 3.38. The molecule has 0 radical (unpaired) electrons. The summed E-state index contributed by atoms with van der Waals surface area (Å²) in [6.45, 7) is 3.97. The minimum atomic E-state index is -0.163. The predicted octanol–water partition coefficient (Wildman–Crippen LogP) is 5.96. The topological polar surface area (TPSA) is 58.2 Å². The molecule has 4 heteroatoms. The lowest BCUT2D eigenvalue weighted by atomic mass is 10.0. The van der Waals surface area contributed by atoms with Crippen LogP contribution in [0.5, 0.6) is 0 Å². The summed E-state index contributed by atoms with van der Waals surface area (Å²) in [7, 11) is 0. The number of benzene rings is 4. The van der Waals surface area contributed by atoms with E-state index >= 15 is 0 Å². The van der Waals surface area contributed by atoms with Crippen molar-refractivity contribution in [2.45, 2.75) is 13.8 Å². The third-order valence-electron chi connectivity index (χ3n) is 4.92. The molecule has 2 amide bonds. The monoisotopic (exact) mass is 394 g/mol. The van der Waals surface area contributed by atoms with Gasteiger partial charge in [-0.15, -0.1) is 0 Å². The average molecular weight is 394 g/mol. The number of rotatable bonds is 4. The Kier molecular flexibility index (Phi) is 5.31. The Bertz CT molecular complexity index is 1160. The molecule has 0 saturated heterocycles. The highest BCUT2D eigenvalue weighted by molar-refractivity contribution is 6.09. The molecule has 4 aromatic rings. The maximum absolute atomic E-state index is 12.6. The lowest BCUT2D eigenvalue weighted by Crippen LogP contribution is -2.12. The van der Waals surface area contributed by atoms with Gasteiger partial charge in [0, 0.05) is 22.5 Å². The third kappa shape index (κ3) is 4.39. The van der Waals surface area contributed by atoms with Crippen molar-refractivity contribution in [2.24, 2.45) is 0 Å². The van der Waals surface area contributed by atoms with Gasteiger partial charge in [-0.05, 0) is 84.3 Å². The van der Waals surface area contributed by atoms with Gasteiger partial charge in [0.15, 0.2) is 0 Å².